The molecule has 0 fully saturated rings. The quantitative estimate of drug-likeness (QED) is 0.653. The fraction of sp³-hybridized carbons (Fsp3) is 0.158. The second-order valence-electron chi connectivity index (χ2n) is 5.43. The summed E-state index contributed by atoms with van der Waals surface area (Å²) in [7, 11) is 0. The van der Waals surface area contributed by atoms with Gasteiger partial charge in [-0.25, -0.2) is 14.4 Å². The number of thioether (sulfide) groups is 1. The van der Waals surface area contributed by atoms with E-state index in [1.807, 2.05) is 6.07 Å². The molecule has 0 bridgehead atoms. The Hall–Kier alpha value is -2.40. The molecule has 3 aromatic rings. The van der Waals surface area contributed by atoms with Crippen molar-refractivity contribution in [1.29, 1.82) is 0 Å². The lowest BCUT2D eigenvalue weighted by Crippen LogP contribution is -2.05. The molecule has 2 aromatic carbocycles. The molecule has 0 aliphatic heterocycles. The highest BCUT2D eigenvalue weighted by Gasteiger charge is 2.07. The minimum atomic E-state index is -0.220. The Balaban J connectivity index is 1.66. The topological polar surface area (TPSA) is 37.8 Å². The van der Waals surface area contributed by atoms with Gasteiger partial charge in [-0.1, -0.05) is 59.8 Å². The summed E-state index contributed by atoms with van der Waals surface area (Å²) in [5.74, 6) is 1.27. The highest BCUT2D eigenvalue weighted by atomic mass is 32.2. The first-order chi connectivity index (χ1) is 11.7. The molecule has 1 N–H and O–H groups in total. The van der Waals surface area contributed by atoms with Crippen LogP contribution >= 0.6 is 11.8 Å². The van der Waals surface area contributed by atoms with Crippen LogP contribution in [0.2, 0.25) is 0 Å². The van der Waals surface area contributed by atoms with Crippen LogP contribution in [-0.2, 0) is 12.3 Å². The monoisotopic (exact) mass is 339 g/mol. The lowest BCUT2D eigenvalue weighted by atomic mass is 10.2. The van der Waals surface area contributed by atoms with Crippen molar-refractivity contribution in [2.75, 3.05) is 5.32 Å². The number of hydrogen-bond donors (Lipinski definition) is 1. The van der Waals surface area contributed by atoms with Gasteiger partial charge in [0.05, 0.1) is 0 Å². The zero-order valence-electron chi connectivity index (χ0n) is 13.4. The van der Waals surface area contributed by atoms with Crippen molar-refractivity contribution in [3.05, 3.63) is 83.4 Å². The summed E-state index contributed by atoms with van der Waals surface area (Å²) >= 11 is 1.62. The molecule has 0 aliphatic carbocycles. The lowest BCUT2D eigenvalue weighted by molar-refractivity contribution is 0.612. The van der Waals surface area contributed by atoms with E-state index >= 15 is 0 Å². The maximum absolute atomic E-state index is 13.7. The average Bonchev–Trinajstić information content (AvgIpc) is 2.61. The van der Waals surface area contributed by atoms with E-state index in [2.05, 4.69) is 46.5 Å². The molecule has 24 heavy (non-hydrogen) atoms. The molecule has 0 unspecified atom stereocenters. The first kappa shape index (κ1) is 16.5. The number of nitrogens with zero attached hydrogens (tertiary/aromatic N) is 2. The zero-order valence-corrected chi connectivity index (χ0v) is 14.2. The van der Waals surface area contributed by atoms with Crippen LogP contribution in [0.25, 0.3) is 0 Å². The number of benzene rings is 2. The second-order valence-corrected chi connectivity index (χ2v) is 6.39. The standard InChI is InChI=1S/C19H18FN3S/c1-14-6-8-15(9-7-14)13-24-19-18(21-10-11-22-19)23-12-16-4-2-3-5-17(16)20/h2-11H,12-13H2,1H3,(H,21,23). The van der Waals surface area contributed by atoms with Gasteiger partial charge in [0.2, 0.25) is 0 Å². The van der Waals surface area contributed by atoms with Crippen molar-refractivity contribution < 1.29 is 4.39 Å². The van der Waals surface area contributed by atoms with E-state index < -0.39 is 0 Å². The van der Waals surface area contributed by atoms with Gasteiger partial charge in [-0.2, -0.15) is 0 Å². The van der Waals surface area contributed by atoms with E-state index in [4.69, 9.17) is 0 Å². The minimum Gasteiger partial charge on any atom is -0.364 e. The van der Waals surface area contributed by atoms with E-state index in [9.17, 15) is 4.39 Å². The van der Waals surface area contributed by atoms with E-state index in [-0.39, 0.29) is 5.82 Å². The number of nitrogens with one attached hydrogen (secondary N) is 1. The Morgan fingerprint density at radius 3 is 2.54 bits per heavy atom. The van der Waals surface area contributed by atoms with E-state index in [1.165, 1.54) is 17.2 Å². The highest BCUT2D eigenvalue weighted by molar-refractivity contribution is 7.98. The van der Waals surface area contributed by atoms with Crippen molar-refractivity contribution in [2.45, 2.75) is 24.2 Å². The Bertz CT molecular complexity index is 806. The van der Waals surface area contributed by atoms with Gasteiger partial charge in [0.1, 0.15) is 10.8 Å². The average molecular weight is 339 g/mol. The lowest BCUT2D eigenvalue weighted by Gasteiger charge is -2.10. The van der Waals surface area contributed by atoms with Gasteiger partial charge in [0.15, 0.2) is 5.82 Å². The number of aromatic nitrogens is 2. The van der Waals surface area contributed by atoms with Crippen LogP contribution < -0.4 is 5.32 Å². The Morgan fingerprint density at radius 2 is 1.75 bits per heavy atom. The smallest absolute Gasteiger partial charge is 0.158 e. The van der Waals surface area contributed by atoms with Crippen LogP contribution in [0.4, 0.5) is 10.2 Å². The zero-order chi connectivity index (χ0) is 16.8. The molecular weight excluding hydrogens is 321 g/mol. The molecule has 0 aliphatic rings. The molecule has 0 spiro atoms. The fourth-order valence-electron chi connectivity index (χ4n) is 2.21. The van der Waals surface area contributed by atoms with Gasteiger partial charge in [-0.15, -0.1) is 0 Å². The van der Waals surface area contributed by atoms with Crippen LogP contribution in [0.5, 0.6) is 0 Å². The van der Waals surface area contributed by atoms with Crippen LogP contribution in [0.15, 0.2) is 66.0 Å². The molecule has 0 radical (unpaired) electrons. The van der Waals surface area contributed by atoms with Gasteiger partial charge < -0.3 is 5.32 Å². The van der Waals surface area contributed by atoms with E-state index in [1.54, 1.807) is 36.3 Å². The van der Waals surface area contributed by atoms with Gasteiger partial charge in [-0.3, -0.25) is 0 Å². The fourth-order valence-corrected chi connectivity index (χ4v) is 3.10. The normalized spacial score (nSPS) is 10.6. The van der Waals surface area contributed by atoms with E-state index in [0.717, 1.165) is 10.8 Å². The maximum Gasteiger partial charge on any atom is 0.158 e. The molecule has 122 valence electrons. The molecule has 1 aromatic heterocycles. The van der Waals surface area contributed by atoms with Crippen LogP contribution in [-0.4, -0.2) is 9.97 Å². The Kier molecular flexibility index (Phi) is 5.43. The predicted octanol–water partition coefficient (Wildman–Crippen LogP) is 4.83. The third-order valence-corrected chi connectivity index (χ3v) is 4.61. The summed E-state index contributed by atoms with van der Waals surface area (Å²) in [4.78, 5) is 8.72. The van der Waals surface area contributed by atoms with Gasteiger partial charge in [-0.05, 0) is 18.6 Å². The Labute approximate surface area is 145 Å². The molecule has 0 saturated carbocycles. The number of aryl methyl sites for hydroxylation is 1. The molecule has 3 nitrogen and oxygen atoms in total. The minimum absolute atomic E-state index is 0.220. The third kappa shape index (κ3) is 4.32. The molecule has 0 atom stereocenters. The highest BCUT2D eigenvalue weighted by Crippen LogP contribution is 2.26. The van der Waals surface area contributed by atoms with Crippen molar-refractivity contribution in [2.24, 2.45) is 0 Å². The maximum atomic E-state index is 13.7. The van der Waals surface area contributed by atoms with Gasteiger partial charge in [0.25, 0.3) is 0 Å². The largest absolute Gasteiger partial charge is 0.364 e. The van der Waals surface area contributed by atoms with Crippen molar-refractivity contribution in [3.63, 3.8) is 0 Å². The third-order valence-electron chi connectivity index (χ3n) is 3.56. The summed E-state index contributed by atoms with van der Waals surface area (Å²) < 4.78 is 13.7. The SMILES string of the molecule is Cc1ccc(CSc2nccnc2NCc2ccccc2F)cc1. The number of rotatable bonds is 6. The summed E-state index contributed by atoms with van der Waals surface area (Å²) in [6, 6.07) is 15.2. The molecular formula is C19H18FN3S. The summed E-state index contributed by atoms with van der Waals surface area (Å²) in [5.41, 5.74) is 3.09. The molecule has 0 amide bonds. The van der Waals surface area contributed by atoms with E-state index in [0.29, 0.717) is 17.9 Å². The van der Waals surface area contributed by atoms with Crippen molar-refractivity contribution in [3.8, 4) is 0 Å². The van der Waals surface area contributed by atoms with Crippen molar-refractivity contribution in [1.82, 2.24) is 9.97 Å². The summed E-state index contributed by atoms with van der Waals surface area (Å²) in [6.07, 6.45) is 3.31. The van der Waals surface area contributed by atoms with Crippen LogP contribution in [0, 0.1) is 12.7 Å². The number of anilines is 1. The van der Waals surface area contributed by atoms with Gasteiger partial charge in [0, 0.05) is 30.3 Å². The van der Waals surface area contributed by atoms with Crippen LogP contribution in [0.1, 0.15) is 16.7 Å². The number of hydrogen-bond acceptors (Lipinski definition) is 4. The molecule has 5 heteroatoms. The van der Waals surface area contributed by atoms with Crippen LogP contribution in [0.3, 0.4) is 0 Å². The summed E-state index contributed by atoms with van der Waals surface area (Å²) in [6.45, 7) is 2.45. The van der Waals surface area contributed by atoms with Gasteiger partial charge >= 0.3 is 0 Å². The van der Waals surface area contributed by atoms with Crippen molar-refractivity contribution >= 4 is 17.6 Å². The first-order valence-corrected chi connectivity index (χ1v) is 8.67. The second kappa shape index (κ2) is 7.93. The molecule has 3 rings (SSSR count). The Morgan fingerprint density at radius 1 is 1.00 bits per heavy atom. The molecule has 1 heterocycles. The number of halogens is 1. The molecule has 0 saturated heterocycles. The summed E-state index contributed by atoms with van der Waals surface area (Å²) in [5, 5.41) is 4.00. The predicted molar refractivity (Wildman–Crippen MR) is 96.5 cm³/mol. The first-order valence-electron chi connectivity index (χ1n) is 7.69.